The molecule has 0 amide bonds. The number of nitrogens with zero attached hydrogens (tertiary/aromatic N) is 1. The molecule has 2 nitrogen and oxygen atoms in total. The van der Waals surface area contributed by atoms with Gasteiger partial charge in [-0.05, 0) is 11.6 Å². The highest BCUT2D eigenvalue weighted by Gasteiger charge is 2.29. The summed E-state index contributed by atoms with van der Waals surface area (Å²) in [5.41, 5.74) is 5.22. The molecule has 0 fully saturated rings. The Morgan fingerprint density at radius 2 is 1.95 bits per heavy atom. The average molecular weight is 275 g/mol. The molecule has 100 valence electrons. The van der Waals surface area contributed by atoms with E-state index in [1.54, 1.807) is 0 Å². The second-order valence-electron chi connectivity index (χ2n) is 5.62. The lowest BCUT2D eigenvalue weighted by molar-refractivity contribution is 0.584. The van der Waals surface area contributed by atoms with Crippen LogP contribution in [0.25, 0.3) is 0 Å². The molecule has 0 aliphatic carbocycles. The second-order valence-corrected chi connectivity index (χ2v) is 5.62. The van der Waals surface area contributed by atoms with Crippen LogP contribution in [0.2, 0.25) is 0 Å². The summed E-state index contributed by atoms with van der Waals surface area (Å²) in [5, 5.41) is 3.48. The van der Waals surface area contributed by atoms with Gasteiger partial charge in [-0.25, -0.2) is 0 Å². The molecule has 0 spiro atoms. The quantitative estimate of drug-likeness (QED) is 0.901. The molecule has 0 saturated carbocycles. The Hall–Kier alpha value is -1.54. The van der Waals surface area contributed by atoms with Gasteiger partial charge >= 0.3 is 0 Å². The molecule has 0 saturated heterocycles. The lowest BCUT2D eigenvalue weighted by Crippen LogP contribution is -2.19. The van der Waals surface area contributed by atoms with Crippen molar-refractivity contribution in [2.45, 2.75) is 25.7 Å². The summed E-state index contributed by atoms with van der Waals surface area (Å²) >= 11 is 0. The van der Waals surface area contributed by atoms with Gasteiger partial charge in [0.05, 0.1) is 0 Å². The number of pyridine rings is 1. The Kier molecular flexibility index (Phi) is 3.81. The number of halogens is 1. The maximum atomic E-state index is 4.60. The van der Waals surface area contributed by atoms with Crippen LogP contribution in [0.3, 0.4) is 0 Å². The maximum Gasteiger partial charge on any atom is 0.0468 e. The smallest absolute Gasteiger partial charge is 0.0468 e. The van der Waals surface area contributed by atoms with Gasteiger partial charge < -0.3 is 5.32 Å². The molecule has 1 N–H and O–H groups in total. The van der Waals surface area contributed by atoms with Crippen LogP contribution in [-0.2, 0) is 11.8 Å². The van der Waals surface area contributed by atoms with E-state index >= 15 is 0 Å². The zero-order valence-corrected chi connectivity index (χ0v) is 12.1. The van der Waals surface area contributed by atoms with Gasteiger partial charge in [0.2, 0.25) is 0 Å². The van der Waals surface area contributed by atoms with Crippen LogP contribution < -0.4 is 5.32 Å². The minimum Gasteiger partial charge on any atom is -0.384 e. The number of aromatic nitrogens is 1. The molecular formula is C16H19ClN2. The van der Waals surface area contributed by atoms with Crippen LogP contribution in [0.15, 0.2) is 42.6 Å². The minimum absolute atomic E-state index is 0. The predicted octanol–water partition coefficient (Wildman–Crippen LogP) is 3.80. The van der Waals surface area contributed by atoms with E-state index in [1.165, 1.54) is 16.8 Å². The van der Waals surface area contributed by atoms with Crippen molar-refractivity contribution in [1.29, 1.82) is 0 Å². The summed E-state index contributed by atoms with van der Waals surface area (Å²) in [4.78, 5) is 4.60. The van der Waals surface area contributed by atoms with Crippen LogP contribution in [0.5, 0.6) is 0 Å². The summed E-state index contributed by atoms with van der Waals surface area (Å²) < 4.78 is 0. The molecular weight excluding hydrogens is 256 g/mol. The minimum atomic E-state index is 0. The molecule has 19 heavy (non-hydrogen) atoms. The van der Waals surface area contributed by atoms with Crippen molar-refractivity contribution < 1.29 is 0 Å². The van der Waals surface area contributed by atoms with Crippen LogP contribution in [0.4, 0.5) is 5.69 Å². The summed E-state index contributed by atoms with van der Waals surface area (Å²) in [6.45, 7) is 5.51. The van der Waals surface area contributed by atoms with Crippen LogP contribution in [0, 0.1) is 0 Å². The first-order chi connectivity index (χ1) is 8.65. The van der Waals surface area contributed by atoms with E-state index < -0.39 is 0 Å². The molecule has 0 unspecified atom stereocenters. The highest BCUT2D eigenvalue weighted by molar-refractivity contribution is 5.85. The largest absolute Gasteiger partial charge is 0.384 e. The summed E-state index contributed by atoms with van der Waals surface area (Å²) in [6, 6.07) is 12.7. The third kappa shape index (κ3) is 2.74. The molecule has 3 rings (SSSR count). The fourth-order valence-electron chi connectivity index (χ4n) is 2.50. The van der Waals surface area contributed by atoms with E-state index in [2.05, 4.69) is 54.5 Å². The molecule has 3 heteroatoms. The molecule has 0 atom stereocenters. The number of anilines is 1. The highest BCUT2D eigenvalue weighted by atomic mass is 35.5. The van der Waals surface area contributed by atoms with Crippen LogP contribution in [-0.4, -0.2) is 11.5 Å². The number of hydrogen-bond acceptors (Lipinski definition) is 2. The Balaban J connectivity index is 0.00000133. The molecule has 1 aliphatic rings. The highest BCUT2D eigenvalue weighted by Crippen LogP contribution is 2.35. The SMILES string of the molecule is CC1(C)CNc2cc(Cc3ccccc3)ncc21.Cl. The van der Waals surface area contributed by atoms with Crippen LogP contribution in [0.1, 0.15) is 30.7 Å². The summed E-state index contributed by atoms with van der Waals surface area (Å²) in [7, 11) is 0. The first kappa shape index (κ1) is 13.9. The van der Waals surface area contributed by atoms with Crippen molar-refractivity contribution >= 4 is 18.1 Å². The Morgan fingerprint density at radius 3 is 2.68 bits per heavy atom. The number of fused-ring (bicyclic) bond motifs is 1. The molecule has 2 aromatic rings. The van der Waals surface area contributed by atoms with Crippen molar-refractivity contribution in [3.63, 3.8) is 0 Å². The predicted molar refractivity (Wildman–Crippen MR) is 82.2 cm³/mol. The number of hydrogen-bond donors (Lipinski definition) is 1. The van der Waals surface area contributed by atoms with Gasteiger partial charge in [0.15, 0.2) is 0 Å². The number of rotatable bonds is 2. The third-order valence-corrected chi connectivity index (χ3v) is 3.64. The number of nitrogens with one attached hydrogen (secondary N) is 1. The van der Waals surface area contributed by atoms with Crippen molar-refractivity contribution in [3.05, 3.63) is 59.4 Å². The third-order valence-electron chi connectivity index (χ3n) is 3.64. The topological polar surface area (TPSA) is 24.9 Å². The fraction of sp³-hybridized carbons (Fsp3) is 0.312. The number of benzene rings is 1. The zero-order chi connectivity index (χ0) is 12.6. The lowest BCUT2D eigenvalue weighted by Gasteiger charge is -2.16. The summed E-state index contributed by atoms with van der Waals surface area (Å²) in [6.07, 6.45) is 2.93. The van der Waals surface area contributed by atoms with Crippen molar-refractivity contribution in [2.24, 2.45) is 0 Å². The Bertz CT molecular complexity index is 564. The van der Waals surface area contributed by atoms with E-state index in [4.69, 9.17) is 0 Å². The molecule has 1 aromatic carbocycles. The van der Waals surface area contributed by atoms with Crippen molar-refractivity contribution in [3.8, 4) is 0 Å². The molecule has 2 heterocycles. The van der Waals surface area contributed by atoms with E-state index in [0.717, 1.165) is 18.7 Å². The van der Waals surface area contributed by atoms with Gasteiger partial charge in [0.25, 0.3) is 0 Å². The van der Waals surface area contributed by atoms with Gasteiger partial charge in [0, 0.05) is 41.5 Å². The van der Waals surface area contributed by atoms with Gasteiger partial charge in [-0.2, -0.15) is 0 Å². The van der Waals surface area contributed by atoms with Gasteiger partial charge in [-0.3, -0.25) is 4.98 Å². The fourth-order valence-corrected chi connectivity index (χ4v) is 2.50. The molecule has 0 bridgehead atoms. The second kappa shape index (κ2) is 5.22. The van der Waals surface area contributed by atoms with Gasteiger partial charge in [0.1, 0.15) is 0 Å². The molecule has 1 aliphatic heterocycles. The van der Waals surface area contributed by atoms with E-state index in [-0.39, 0.29) is 17.8 Å². The Labute approximate surface area is 120 Å². The monoisotopic (exact) mass is 274 g/mol. The first-order valence-corrected chi connectivity index (χ1v) is 6.42. The average Bonchev–Trinajstić information content (AvgIpc) is 2.66. The normalized spacial score (nSPS) is 15.3. The molecule has 1 aromatic heterocycles. The van der Waals surface area contributed by atoms with Gasteiger partial charge in [-0.1, -0.05) is 44.2 Å². The van der Waals surface area contributed by atoms with E-state index in [1.807, 2.05) is 12.3 Å². The maximum absolute atomic E-state index is 4.60. The van der Waals surface area contributed by atoms with Gasteiger partial charge in [-0.15, -0.1) is 12.4 Å². The lowest BCUT2D eigenvalue weighted by atomic mass is 9.88. The summed E-state index contributed by atoms with van der Waals surface area (Å²) in [5.74, 6) is 0. The van der Waals surface area contributed by atoms with E-state index in [0.29, 0.717) is 0 Å². The standard InChI is InChI=1S/C16H18N2.ClH/c1-16(2)11-18-15-9-13(17-10-14(15)16)8-12-6-4-3-5-7-12;/h3-7,9-10,18H,8,11H2,1-2H3;1H. The van der Waals surface area contributed by atoms with Crippen molar-refractivity contribution in [1.82, 2.24) is 4.98 Å². The Morgan fingerprint density at radius 1 is 1.21 bits per heavy atom. The van der Waals surface area contributed by atoms with E-state index in [9.17, 15) is 0 Å². The molecule has 0 radical (unpaired) electrons. The first-order valence-electron chi connectivity index (χ1n) is 6.42. The van der Waals surface area contributed by atoms with Crippen molar-refractivity contribution in [2.75, 3.05) is 11.9 Å². The van der Waals surface area contributed by atoms with Crippen LogP contribution >= 0.6 is 12.4 Å². The zero-order valence-electron chi connectivity index (χ0n) is 11.3.